The molecule has 5 rings (SSSR count). The van der Waals surface area contributed by atoms with Gasteiger partial charge in [-0.15, -0.1) is 0 Å². The van der Waals surface area contributed by atoms with Gasteiger partial charge in [0.05, 0.1) is 22.2 Å². The molecule has 0 bridgehead atoms. The summed E-state index contributed by atoms with van der Waals surface area (Å²) in [7, 11) is 0. The van der Waals surface area contributed by atoms with E-state index in [1.54, 1.807) is 0 Å². The molecule has 2 aromatic carbocycles. The SMILES string of the molecule is CC(C)(C)c1ccc([C@H]2c3sc(=O)[nH]c3SC3C(=O)N(c4cccc(C(F)(F)F)c4)C(=O)C32)cc1. The van der Waals surface area contributed by atoms with E-state index in [1.807, 2.05) is 24.3 Å². The molecule has 182 valence electrons. The van der Waals surface area contributed by atoms with E-state index in [1.165, 1.54) is 12.1 Å². The maximum Gasteiger partial charge on any atom is 0.416 e. The molecule has 2 aliphatic rings. The number of thioether (sulfide) groups is 1. The van der Waals surface area contributed by atoms with Crippen molar-refractivity contribution < 1.29 is 22.8 Å². The summed E-state index contributed by atoms with van der Waals surface area (Å²) < 4.78 is 39.9. The Labute approximate surface area is 207 Å². The van der Waals surface area contributed by atoms with Gasteiger partial charge in [-0.2, -0.15) is 13.2 Å². The summed E-state index contributed by atoms with van der Waals surface area (Å²) in [6, 6.07) is 12.0. The molecule has 35 heavy (non-hydrogen) atoms. The van der Waals surface area contributed by atoms with Crippen molar-refractivity contribution >= 4 is 40.6 Å². The van der Waals surface area contributed by atoms with Crippen molar-refractivity contribution in [2.24, 2.45) is 5.92 Å². The zero-order valence-electron chi connectivity index (χ0n) is 19.0. The number of hydrogen-bond donors (Lipinski definition) is 1. The molecular weight excluding hydrogens is 497 g/mol. The number of rotatable bonds is 2. The average Bonchev–Trinajstić information content (AvgIpc) is 3.27. The number of alkyl halides is 3. The van der Waals surface area contributed by atoms with Crippen LogP contribution in [0, 0.1) is 5.92 Å². The lowest BCUT2D eigenvalue weighted by atomic mass is 9.81. The number of thiazole rings is 1. The number of hydrogen-bond acceptors (Lipinski definition) is 5. The van der Waals surface area contributed by atoms with Crippen LogP contribution in [0.3, 0.4) is 0 Å². The third kappa shape index (κ3) is 4.02. The first-order valence-electron chi connectivity index (χ1n) is 10.9. The van der Waals surface area contributed by atoms with E-state index in [-0.39, 0.29) is 16.0 Å². The van der Waals surface area contributed by atoms with Crippen LogP contribution in [-0.4, -0.2) is 22.0 Å². The van der Waals surface area contributed by atoms with Crippen molar-refractivity contribution in [1.82, 2.24) is 4.98 Å². The highest BCUT2D eigenvalue weighted by molar-refractivity contribution is 8.00. The Morgan fingerprint density at radius 3 is 2.23 bits per heavy atom. The predicted molar refractivity (Wildman–Crippen MR) is 129 cm³/mol. The van der Waals surface area contributed by atoms with Gasteiger partial charge in [0.2, 0.25) is 11.8 Å². The fourth-order valence-electron chi connectivity index (χ4n) is 4.64. The van der Waals surface area contributed by atoms with Gasteiger partial charge in [0.25, 0.3) is 0 Å². The summed E-state index contributed by atoms with van der Waals surface area (Å²) in [5, 5.41) is -0.333. The third-order valence-electron chi connectivity index (χ3n) is 6.39. The molecule has 3 atom stereocenters. The zero-order chi connectivity index (χ0) is 25.3. The van der Waals surface area contributed by atoms with Crippen LogP contribution in [0.5, 0.6) is 0 Å². The Morgan fingerprint density at radius 1 is 0.914 bits per heavy atom. The van der Waals surface area contributed by atoms with Crippen LogP contribution in [0.25, 0.3) is 0 Å². The highest BCUT2D eigenvalue weighted by Crippen LogP contribution is 2.53. The number of nitrogens with zero attached hydrogens (tertiary/aromatic N) is 1. The van der Waals surface area contributed by atoms with Crippen molar-refractivity contribution in [2.45, 2.75) is 48.6 Å². The Kier molecular flexibility index (Phi) is 5.52. The largest absolute Gasteiger partial charge is 0.416 e. The summed E-state index contributed by atoms with van der Waals surface area (Å²) in [6.45, 7) is 6.24. The number of nitrogens with one attached hydrogen (secondary N) is 1. The minimum absolute atomic E-state index is 0.0903. The number of anilines is 1. The number of imide groups is 1. The fourth-order valence-corrected chi connectivity index (χ4v) is 7.16. The standard InChI is InChI=1S/C25H21F3N2O3S2/c1-24(2,3)13-9-7-12(8-10-13)16-17-19(34-20-18(16)35-23(33)29-20)22(32)30(21(17)31)15-6-4-5-14(11-15)25(26,27)28/h4-11,16-17,19H,1-3H3,(H,29,33)/t16-,17?,19?/m1/s1. The van der Waals surface area contributed by atoms with Gasteiger partial charge in [-0.1, -0.05) is 74.2 Å². The lowest BCUT2D eigenvalue weighted by molar-refractivity contribution is -0.137. The van der Waals surface area contributed by atoms with Crippen molar-refractivity contribution in [3.05, 3.63) is 79.8 Å². The van der Waals surface area contributed by atoms with Gasteiger partial charge in [0, 0.05) is 10.8 Å². The Hall–Kier alpha value is -2.85. The van der Waals surface area contributed by atoms with E-state index in [2.05, 4.69) is 25.8 Å². The number of carbonyl (C=O) groups excluding carboxylic acids is 2. The third-order valence-corrected chi connectivity index (χ3v) is 8.79. The monoisotopic (exact) mass is 518 g/mol. The van der Waals surface area contributed by atoms with Crippen LogP contribution in [-0.2, 0) is 21.2 Å². The first-order chi connectivity index (χ1) is 16.4. The summed E-state index contributed by atoms with van der Waals surface area (Å²) in [4.78, 5) is 43.3. The number of benzene rings is 2. The van der Waals surface area contributed by atoms with Gasteiger partial charge >= 0.3 is 11.0 Å². The highest BCUT2D eigenvalue weighted by atomic mass is 32.2. The second kappa shape index (κ2) is 8.09. The normalized spacial score (nSPS) is 22.3. The Morgan fingerprint density at radius 2 is 1.60 bits per heavy atom. The van der Waals surface area contributed by atoms with Gasteiger partial charge in [-0.25, -0.2) is 4.90 Å². The minimum Gasteiger partial charge on any atom is -0.307 e. The average molecular weight is 519 g/mol. The summed E-state index contributed by atoms with van der Waals surface area (Å²) in [6.07, 6.45) is -4.61. The van der Waals surface area contributed by atoms with Crippen molar-refractivity contribution in [3.63, 3.8) is 0 Å². The number of H-pyrrole nitrogens is 1. The number of fused-ring (bicyclic) bond motifs is 2. The van der Waals surface area contributed by atoms with E-state index in [9.17, 15) is 27.6 Å². The Bertz CT molecular complexity index is 1390. The van der Waals surface area contributed by atoms with Crippen LogP contribution in [0.15, 0.2) is 58.4 Å². The first-order valence-corrected chi connectivity index (χ1v) is 12.6. The smallest absolute Gasteiger partial charge is 0.307 e. The molecule has 0 spiro atoms. The molecule has 1 fully saturated rings. The van der Waals surface area contributed by atoms with Gasteiger partial charge in [-0.3, -0.25) is 14.4 Å². The molecule has 0 saturated carbocycles. The van der Waals surface area contributed by atoms with Gasteiger partial charge in [0.15, 0.2) is 0 Å². The molecule has 5 nitrogen and oxygen atoms in total. The fraction of sp³-hybridized carbons (Fsp3) is 0.320. The van der Waals surface area contributed by atoms with E-state index < -0.39 is 40.6 Å². The van der Waals surface area contributed by atoms with Crippen LogP contribution in [0.2, 0.25) is 0 Å². The van der Waals surface area contributed by atoms with Gasteiger partial charge in [-0.05, 0) is 34.7 Å². The molecule has 2 amide bonds. The van der Waals surface area contributed by atoms with E-state index >= 15 is 0 Å². The molecule has 0 aliphatic carbocycles. The number of carbonyl (C=O) groups is 2. The summed E-state index contributed by atoms with van der Waals surface area (Å²) in [5.74, 6) is -2.57. The van der Waals surface area contributed by atoms with Gasteiger partial charge < -0.3 is 4.98 Å². The van der Waals surface area contributed by atoms with Gasteiger partial charge in [0.1, 0.15) is 5.25 Å². The first kappa shape index (κ1) is 23.9. The van der Waals surface area contributed by atoms with Crippen LogP contribution in [0.4, 0.5) is 18.9 Å². The highest BCUT2D eigenvalue weighted by Gasteiger charge is 2.56. The van der Waals surface area contributed by atoms with E-state index in [4.69, 9.17) is 0 Å². The number of amides is 2. The maximum atomic E-state index is 13.7. The quantitative estimate of drug-likeness (QED) is 0.452. The van der Waals surface area contributed by atoms with E-state index in [0.717, 1.165) is 51.3 Å². The molecule has 10 heteroatoms. The molecule has 3 aromatic rings. The number of aromatic nitrogens is 1. The van der Waals surface area contributed by atoms with Crippen LogP contribution < -0.4 is 9.77 Å². The van der Waals surface area contributed by atoms with Crippen molar-refractivity contribution in [3.8, 4) is 0 Å². The minimum atomic E-state index is -4.61. The molecule has 2 unspecified atom stereocenters. The summed E-state index contributed by atoms with van der Waals surface area (Å²) >= 11 is 2.09. The Balaban J connectivity index is 1.60. The second-order valence-corrected chi connectivity index (χ2v) is 11.8. The number of halogens is 3. The van der Waals surface area contributed by atoms with Crippen LogP contribution >= 0.6 is 23.1 Å². The van der Waals surface area contributed by atoms with Crippen molar-refractivity contribution in [2.75, 3.05) is 4.90 Å². The lowest BCUT2D eigenvalue weighted by Gasteiger charge is -2.30. The molecule has 3 heterocycles. The molecule has 1 N–H and O–H groups in total. The molecule has 1 saturated heterocycles. The predicted octanol–water partition coefficient (Wildman–Crippen LogP) is 5.55. The lowest BCUT2D eigenvalue weighted by Crippen LogP contribution is -2.32. The molecule has 2 aliphatic heterocycles. The second-order valence-electron chi connectivity index (χ2n) is 9.68. The summed E-state index contributed by atoms with van der Waals surface area (Å²) in [5.41, 5.74) is 0.730. The zero-order valence-corrected chi connectivity index (χ0v) is 20.6. The molecule has 1 aromatic heterocycles. The molecular formula is C25H21F3N2O3S2. The van der Waals surface area contributed by atoms with E-state index in [0.29, 0.717) is 9.90 Å². The number of aromatic amines is 1. The van der Waals surface area contributed by atoms with Crippen molar-refractivity contribution in [1.29, 1.82) is 0 Å². The van der Waals surface area contributed by atoms with Crippen LogP contribution in [0.1, 0.15) is 48.3 Å². The maximum absolute atomic E-state index is 13.7. The topological polar surface area (TPSA) is 70.2 Å². The molecule has 0 radical (unpaired) electrons.